The van der Waals surface area contributed by atoms with Crippen LogP contribution in [0.2, 0.25) is 0 Å². The van der Waals surface area contributed by atoms with Crippen molar-refractivity contribution in [2.24, 2.45) is 11.8 Å². The number of aromatic nitrogens is 2. The van der Waals surface area contributed by atoms with Crippen molar-refractivity contribution in [1.29, 1.82) is 0 Å². The lowest BCUT2D eigenvalue weighted by Gasteiger charge is -2.22. The quantitative estimate of drug-likeness (QED) is 0.820. The summed E-state index contributed by atoms with van der Waals surface area (Å²) in [6.45, 7) is 15.6. The molecule has 3 heteroatoms. The summed E-state index contributed by atoms with van der Waals surface area (Å²) in [5.74, 6) is 1.44. The van der Waals surface area contributed by atoms with Crippen molar-refractivity contribution in [2.45, 2.75) is 53.6 Å². The van der Waals surface area contributed by atoms with Gasteiger partial charge in [0.25, 0.3) is 0 Å². The predicted molar refractivity (Wildman–Crippen MR) is 77.6 cm³/mol. The Kier molecular flexibility index (Phi) is 5.86. The molecule has 2 heterocycles. The van der Waals surface area contributed by atoms with E-state index in [0.717, 1.165) is 18.4 Å². The fraction of sp³-hybridized carbons (Fsp3) is 0.800. The maximum Gasteiger partial charge on any atom is 0.0688 e. The van der Waals surface area contributed by atoms with Gasteiger partial charge in [0, 0.05) is 31.5 Å². The summed E-state index contributed by atoms with van der Waals surface area (Å²) in [6.07, 6.45) is 3.99. The topological polar surface area (TPSA) is 21.1 Å². The van der Waals surface area contributed by atoms with Crippen LogP contribution in [0.3, 0.4) is 0 Å². The highest BCUT2D eigenvalue weighted by molar-refractivity contribution is 4.93. The Labute approximate surface area is 112 Å². The van der Waals surface area contributed by atoms with Gasteiger partial charge in [-0.15, -0.1) is 0 Å². The molecule has 0 saturated carbocycles. The van der Waals surface area contributed by atoms with Gasteiger partial charge in [0.05, 0.1) is 6.04 Å². The molecule has 2 atom stereocenters. The van der Waals surface area contributed by atoms with E-state index in [-0.39, 0.29) is 0 Å². The van der Waals surface area contributed by atoms with Crippen molar-refractivity contribution in [3.05, 3.63) is 18.5 Å². The third kappa shape index (κ3) is 3.35. The van der Waals surface area contributed by atoms with E-state index in [9.17, 15) is 0 Å². The molecule has 0 N–H and O–H groups in total. The van der Waals surface area contributed by atoms with Crippen LogP contribution in [-0.4, -0.2) is 33.8 Å². The Bertz CT molecular complexity index is 316. The fourth-order valence-corrected chi connectivity index (χ4v) is 2.68. The SMILES string of the molecule is CC.CC(C)C1CN(C(C)C)CC1n1cccn1. The van der Waals surface area contributed by atoms with Gasteiger partial charge in [-0.2, -0.15) is 5.10 Å². The molecule has 1 saturated heterocycles. The molecule has 1 aliphatic rings. The molecule has 1 fully saturated rings. The second-order valence-electron chi connectivity index (χ2n) is 5.51. The lowest BCUT2D eigenvalue weighted by molar-refractivity contribution is 0.253. The molecule has 18 heavy (non-hydrogen) atoms. The third-order valence-electron chi connectivity index (χ3n) is 3.81. The van der Waals surface area contributed by atoms with Gasteiger partial charge < -0.3 is 0 Å². The molecule has 1 aromatic heterocycles. The molecule has 0 amide bonds. The van der Waals surface area contributed by atoms with Crippen LogP contribution in [-0.2, 0) is 0 Å². The first-order valence-electron chi connectivity index (χ1n) is 7.32. The first-order valence-corrected chi connectivity index (χ1v) is 7.32. The Morgan fingerprint density at radius 2 is 1.78 bits per heavy atom. The van der Waals surface area contributed by atoms with E-state index in [1.807, 2.05) is 26.1 Å². The summed E-state index contributed by atoms with van der Waals surface area (Å²) < 4.78 is 2.15. The van der Waals surface area contributed by atoms with E-state index in [2.05, 4.69) is 48.6 Å². The Hall–Kier alpha value is -0.830. The lowest BCUT2D eigenvalue weighted by atomic mass is 9.91. The highest BCUT2D eigenvalue weighted by atomic mass is 15.3. The smallest absolute Gasteiger partial charge is 0.0688 e. The molecule has 2 unspecified atom stereocenters. The Morgan fingerprint density at radius 1 is 1.11 bits per heavy atom. The lowest BCUT2D eigenvalue weighted by Crippen LogP contribution is -2.29. The molecule has 3 nitrogen and oxygen atoms in total. The van der Waals surface area contributed by atoms with Gasteiger partial charge in [0.2, 0.25) is 0 Å². The van der Waals surface area contributed by atoms with E-state index >= 15 is 0 Å². The summed E-state index contributed by atoms with van der Waals surface area (Å²) in [4.78, 5) is 2.57. The van der Waals surface area contributed by atoms with Crippen LogP contribution in [0.1, 0.15) is 47.6 Å². The maximum atomic E-state index is 4.41. The molecule has 0 radical (unpaired) electrons. The second kappa shape index (κ2) is 6.93. The van der Waals surface area contributed by atoms with Gasteiger partial charge in [-0.1, -0.05) is 27.7 Å². The Morgan fingerprint density at radius 3 is 2.22 bits per heavy atom. The van der Waals surface area contributed by atoms with E-state index in [1.54, 1.807) is 0 Å². The maximum absolute atomic E-state index is 4.41. The summed E-state index contributed by atoms with van der Waals surface area (Å²) in [5, 5.41) is 4.41. The zero-order chi connectivity index (χ0) is 13.7. The number of likely N-dealkylation sites (tertiary alicyclic amines) is 1. The van der Waals surface area contributed by atoms with Crippen LogP contribution < -0.4 is 0 Å². The van der Waals surface area contributed by atoms with Crippen molar-refractivity contribution in [3.8, 4) is 0 Å². The number of hydrogen-bond acceptors (Lipinski definition) is 2. The van der Waals surface area contributed by atoms with E-state index in [4.69, 9.17) is 0 Å². The van der Waals surface area contributed by atoms with Gasteiger partial charge in [0.1, 0.15) is 0 Å². The van der Waals surface area contributed by atoms with Gasteiger partial charge in [-0.3, -0.25) is 9.58 Å². The monoisotopic (exact) mass is 251 g/mol. The highest BCUT2D eigenvalue weighted by Gasteiger charge is 2.36. The average Bonchev–Trinajstić information content (AvgIpc) is 3.00. The van der Waals surface area contributed by atoms with Crippen LogP contribution in [0, 0.1) is 11.8 Å². The molecular formula is C15H29N3. The van der Waals surface area contributed by atoms with Gasteiger partial charge >= 0.3 is 0 Å². The molecule has 1 aliphatic heterocycles. The molecule has 2 rings (SSSR count). The van der Waals surface area contributed by atoms with Crippen molar-refractivity contribution in [3.63, 3.8) is 0 Å². The summed E-state index contributed by atoms with van der Waals surface area (Å²) in [6, 6.07) is 3.22. The summed E-state index contributed by atoms with van der Waals surface area (Å²) in [5.41, 5.74) is 0. The van der Waals surface area contributed by atoms with Crippen molar-refractivity contribution >= 4 is 0 Å². The fourth-order valence-electron chi connectivity index (χ4n) is 2.68. The Balaban J connectivity index is 0.000000771. The van der Waals surface area contributed by atoms with Gasteiger partial charge in [-0.25, -0.2) is 0 Å². The molecular weight excluding hydrogens is 222 g/mol. The van der Waals surface area contributed by atoms with Crippen molar-refractivity contribution in [2.75, 3.05) is 13.1 Å². The largest absolute Gasteiger partial charge is 0.298 e. The summed E-state index contributed by atoms with van der Waals surface area (Å²) >= 11 is 0. The zero-order valence-electron chi connectivity index (χ0n) is 12.8. The van der Waals surface area contributed by atoms with Crippen LogP contribution in [0.5, 0.6) is 0 Å². The second-order valence-corrected chi connectivity index (χ2v) is 5.51. The predicted octanol–water partition coefficient (Wildman–Crippen LogP) is 3.45. The zero-order valence-corrected chi connectivity index (χ0v) is 12.8. The third-order valence-corrected chi connectivity index (χ3v) is 3.81. The first kappa shape index (κ1) is 15.2. The number of hydrogen-bond donors (Lipinski definition) is 0. The van der Waals surface area contributed by atoms with Gasteiger partial charge in [0.15, 0.2) is 0 Å². The van der Waals surface area contributed by atoms with Gasteiger partial charge in [-0.05, 0) is 31.7 Å². The van der Waals surface area contributed by atoms with Crippen LogP contribution in [0.4, 0.5) is 0 Å². The first-order chi connectivity index (χ1) is 8.59. The molecule has 0 aliphatic carbocycles. The van der Waals surface area contributed by atoms with E-state index in [0.29, 0.717) is 12.1 Å². The van der Waals surface area contributed by atoms with Crippen LogP contribution in [0.25, 0.3) is 0 Å². The molecule has 0 aromatic carbocycles. The number of nitrogens with zero attached hydrogens (tertiary/aromatic N) is 3. The average molecular weight is 251 g/mol. The minimum atomic E-state index is 0.553. The minimum absolute atomic E-state index is 0.553. The van der Waals surface area contributed by atoms with E-state index < -0.39 is 0 Å². The molecule has 0 bridgehead atoms. The summed E-state index contributed by atoms with van der Waals surface area (Å²) in [7, 11) is 0. The minimum Gasteiger partial charge on any atom is -0.298 e. The standard InChI is InChI=1S/C13H23N3.C2H6/c1-10(2)12-8-15(11(3)4)9-13(12)16-7-5-6-14-16;1-2/h5-7,10-13H,8-9H2,1-4H3;1-2H3. The van der Waals surface area contributed by atoms with Crippen molar-refractivity contribution in [1.82, 2.24) is 14.7 Å². The number of rotatable bonds is 3. The van der Waals surface area contributed by atoms with E-state index in [1.165, 1.54) is 6.54 Å². The molecule has 1 aromatic rings. The van der Waals surface area contributed by atoms with Crippen molar-refractivity contribution < 1.29 is 0 Å². The molecule has 0 spiro atoms. The highest BCUT2D eigenvalue weighted by Crippen LogP contribution is 2.33. The van der Waals surface area contributed by atoms with Crippen LogP contribution in [0.15, 0.2) is 18.5 Å². The normalized spacial score (nSPS) is 24.4. The van der Waals surface area contributed by atoms with Crippen LogP contribution >= 0.6 is 0 Å². The molecule has 104 valence electrons.